The molecule has 110 valence electrons. The van der Waals surface area contributed by atoms with Gasteiger partial charge in [0, 0.05) is 7.05 Å². The Balaban J connectivity index is 2.48. The number of amides is 1. The van der Waals surface area contributed by atoms with Gasteiger partial charge in [-0.2, -0.15) is 4.37 Å². The van der Waals surface area contributed by atoms with Crippen LogP contribution in [0.25, 0.3) is 0 Å². The molecule has 0 saturated heterocycles. The Morgan fingerprint density at radius 1 is 1.24 bits per heavy atom. The first-order valence-electron chi connectivity index (χ1n) is 5.76. The molecule has 8 heteroatoms. The van der Waals surface area contributed by atoms with Crippen molar-refractivity contribution in [3.63, 3.8) is 0 Å². The fourth-order valence-electron chi connectivity index (χ4n) is 1.79. The molecule has 0 atom stereocenters. The predicted octanol–water partition coefficient (Wildman–Crippen LogP) is 3.73. The molecule has 0 aliphatic carbocycles. The molecule has 5 nitrogen and oxygen atoms in total. The highest BCUT2D eigenvalue weighted by molar-refractivity contribution is 7.11. The van der Waals surface area contributed by atoms with Gasteiger partial charge in [0.15, 0.2) is 0 Å². The van der Waals surface area contributed by atoms with Crippen LogP contribution in [-0.2, 0) is 0 Å². The van der Waals surface area contributed by atoms with Crippen LogP contribution in [0.4, 0.5) is 5.00 Å². The fourth-order valence-corrected chi connectivity index (χ4v) is 3.20. The van der Waals surface area contributed by atoms with Crippen LogP contribution in [0.1, 0.15) is 26.4 Å². The SMILES string of the molecule is Cc1nsc(N(C)C(=O)c2c(Cl)cccc2Cl)c1C(=O)O. The van der Waals surface area contributed by atoms with Gasteiger partial charge in [-0.05, 0) is 30.6 Å². The Bertz CT molecular complexity index is 710. The average Bonchev–Trinajstić information content (AvgIpc) is 2.79. The summed E-state index contributed by atoms with van der Waals surface area (Å²) < 4.78 is 3.98. The van der Waals surface area contributed by atoms with Gasteiger partial charge in [-0.1, -0.05) is 29.3 Å². The average molecular weight is 345 g/mol. The summed E-state index contributed by atoms with van der Waals surface area (Å²) in [5.74, 6) is -1.63. The Morgan fingerprint density at radius 2 is 1.81 bits per heavy atom. The largest absolute Gasteiger partial charge is 0.478 e. The first kappa shape index (κ1) is 15.8. The van der Waals surface area contributed by atoms with E-state index in [1.54, 1.807) is 25.1 Å². The molecule has 0 bridgehead atoms. The van der Waals surface area contributed by atoms with E-state index in [1.807, 2.05) is 0 Å². The number of hydrogen-bond donors (Lipinski definition) is 1. The molecular weight excluding hydrogens is 335 g/mol. The summed E-state index contributed by atoms with van der Waals surface area (Å²) in [6.07, 6.45) is 0. The lowest BCUT2D eigenvalue weighted by Gasteiger charge is -2.17. The third-order valence-electron chi connectivity index (χ3n) is 2.84. The van der Waals surface area contributed by atoms with Gasteiger partial charge in [0.05, 0.1) is 21.3 Å². The quantitative estimate of drug-likeness (QED) is 0.920. The van der Waals surface area contributed by atoms with Crippen molar-refractivity contribution < 1.29 is 14.7 Å². The minimum Gasteiger partial charge on any atom is -0.478 e. The maximum absolute atomic E-state index is 12.5. The number of aryl methyl sites for hydroxylation is 1. The molecule has 1 N–H and O–H groups in total. The molecule has 0 saturated carbocycles. The number of carbonyl (C=O) groups excluding carboxylic acids is 1. The number of hydrogen-bond acceptors (Lipinski definition) is 4. The molecule has 21 heavy (non-hydrogen) atoms. The standard InChI is InChI=1S/C13H10Cl2N2O3S/c1-6-9(13(19)20)12(21-16-6)17(2)11(18)10-7(14)4-3-5-8(10)15/h3-5H,1-2H3,(H,19,20). The molecule has 0 fully saturated rings. The summed E-state index contributed by atoms with van der Waals surface area (Å²) >= 11 is 12.9. The predicted molar refractivity (Wildman–Crippen MR) is 83.0 cm³/mol. The maximum atomic E-state index is 12.5. The van der Waals surface area contributed by atoms with Gasteiger partial charge in [-0.25, -0.2) is 4.79 Å². The van der Waals surface area contributed by atoms with E-state index in [0.29, 0.717) is 5.69 Å². The number of carboxylic acids is 1. The number of aromatic nitrogens is 1. The number of nitrogens with zero attached hydrogens (tertiary/aromatic N) is 2. The van der Waals surface area contributed by atoms with Gasteiger partial charge in [-0.3, -0.25) is 4.79 Å². The monoisotopic (exact) mass is 344 g/mol. The number of carbonyl (C=O) groups is 2. The van der Waals surface area contributed by atoms with Crippen LogP contribution in [0.15, 0.2) is 18.2 Å². The van der Waals surface area contributed by atoms with Gasteiger partial charge in [0.25, 0.3) is 5.91 Å². The first-order chi connectivity index (χ1) is 9.84. The Kier molecular flexibility index (Phi) is 4.51. The number of anilines is 1. The molecule has 2 rings (SSSR count). The van der Waals surface area contributed by atoms with Crippen LogP contribution in [0.2, 0.25) is 10.0 Å². The lowest BCUT2D eigenvalue weighted by Crippen LogP contribution is -2.27. The van der Waals surface area contributed by atoms with E-state index in [4.69, 9.17) is 23.2 Å². The van der Waals surface area contributed by atoms with Crippen molar-refractivity contribution in [3.05, 3.63) is 45.1 Å². The Morgan fingerprint density at radius 3 is 2.33 bits per heavy atom. The number of aromatic carboxylic acids is 1. The second-order valence-electron chi connectivity index (χ2n) is 4.21. The zero-order valence-electron chi connectivity index (χ0n) is 11.1. The number of halogens is 2. The third-order valence-corrected chi connectivity index (χ3v) is 4.49. The van der Waals surface area contributed by atoms with Crippen molar-refractivity contribution in [3.8, 4) is 0 Å². The van der Waals surface area contributed by atoms with Crippen molar-refractivity contribution >= 4 is 51.6 Å². The van der Waals surface area contributed by atoms with Crippen molar-refractivity contribution in [1.82, 2.24) is 4.37 Å². The van der Waals surface area contributed by atoms with Crippen molar-refractivity contribution in [1.29, 1.82) is 0 Å². The summed E-state index contributed by atoms with van der Waals surface area (Å²) in [4.78, 5) is 25.0. The van der Waals surface area contributed by atoms with Gasteiger partial charge in [0.2, 0.25) is 0 Å². The summed E-state index contributed by atoms with van der Waals surface area (Å²) in [5, 5.41) is 9.87. The number of benzene rings is 1. The number of rotatable bonds is 3. The first-order valence-corrected chi connectivity index (χ1v) is 7.29. The van der Waals surface area contributed by atoms with E-state index < -0.39 is 11.9 Å². The van der Waals surface area contributed by atoms with E-state index >= 15 is 0 Å². The van der Waals surface area contributed by atoms with E-state index in [-0.39, 0.29) is 26.2 Å². The minimum absolute atomic E-state index is 0.000902. The van der Waals surface area contributed by atoms with Crippen LogP contribution < -0.4 is 4.90 Å². The second-order valence-corrected chi connectivity index (χ2v) is 5.78. The third kappa shape index (κ3) is 2.88. The van der Waals surface area contributed by atoms with Gasteiger partial charge in [0.1, 0.15) is 10.6 Å². The molecule has 1 aromatic carbocycles. The summed E-state index contributed by atoms with van der Waals surface area (Å²) in [7, 11) is 1.46. The highest BCUT2D eigenvalue weighted by atomic mass is 35.5. The molecule has 0 aliphatic rings. The Labute approximate surface area is 134 Å². The van der Waals surface area contributed by atoms with Crippen LogP contribution in [0, 0.1) is 6.92 Å². The van der Waals surface area contributed by atoms with Crippen LogP contribution in [0.3, 0.4) is 0 Å². The lowest BCUT2D eigenvalue weighted by molar-refractivity contribution is 0.0697. The normalized spacial score (nSPS) is 10.5. The van der Waals surface area contributed by atoms with Crippen LogP contribution >= 0.6 is 34.7 Å². The zero-order valence-corrected chi connectivity index (χ0v) is 13.4. The van der Waals surface area contributed by atoms with Gasteiger partial charge >= 0.3 is 5.97 Å². The van der Waals surface area contributed by atoms with Crippen molar-refractivity contribution in [2.75, 3.05) is 11.9 Å². The smallest absolute Gasteiger partial charge is 0.340 e. The summed E-state index contributed by atoms with van der Waals surface area (Å²) in [5.41, 5.74) is 0.483. The fraction of sp³-hybridized carbons (Fsp3) is 0.154. The maximum Gasteiger partial charge on any atom is 0.340 e. The van der Waals surface area contributed by atoms with Gasteiger partial charge in [-0.15, -0.1) is 0 Å². The van der Waals surface area contributed by atoms with Gasteiger partial charge < -0.3 is 10.0 Å². The topological polar surface area (TPSA) is 70.5 Å². The minimum atomic E-state index is -1.14. The molecule has 1 heterocycles. The van der Waals surface area contributed by atoms with E-state index in [0.717, 1.165) is 11.5 Å². The van der Waals surface area contributed by atoms with E-state index in [2.05, 4.69) is 4.37 Å². The molecular formula is C13H10Cl2N2O3S. The van der Waals surface area contributed by atoms with Crippen LogP contribution in [0.5, 0.6) is 0 Å². The second kappa shape index (κ2) is 6.01. The molecule has 1 aromatic heterocycles. The van der Waals surface area contributed by atoms with Crippen LogP contribution in [-0.4, -0.2) is 28.4 Å². The summed E-state index contributed by atoms with van der Waals surface area (Å²) in [6.45, 7) is 1.57. The molecule has 0 unspecified atom stereocenters. The highest BCUT2D eigenvalue weighted by Gasteiger charge is 2.26. The van der Waals surface area contributed by atoms with E-state index in [1.165, 1.54) is 11.9 Å². The molecule has 0 radical (unpaired) electrons. The van der Waals surface area contributed by atoms with E-state index in [9.17, 15) is 14.7 Å². The lowest BCUT2D eigenvalue weighted by atomic mass is 10.2. The zero-order chi connectivity index (χ0) is 15.7. The van der Waals surface area contributed by atoms with Crippen molar-refractivity contribution in [2.45, 2.75) is 6.92 Å². The summed E-state index contributed by atoms with van der Waals surface area (Å²) in [6, 6.07) is 4.72. The molecule has 0 aliphatic heterocycles. The Hall–Kier alpha value is -1.63. The molecule has 1 amide bonds. The molecule has 0 spiro atoms. The molecule has 2 aromatic rings. The van der Waals surface area contributed by atoms with Crippen molar-refractivity contribution in [2.24, 2.45) is 0 Å². The number of carboxylic acid groups (broad SMARTS) is 1. The highest BCUT2D eigenvalue weighted by Crippen LogP contribution is 2.32.